The van der Waals surface area contributed by atoms with Crippen molar-refractivity contribution < 1.29 is 0 Å². The molecule has 0 amide bonds. The summed E-state index contributed by atoms with van der Waals surface area (Å²) in [6.07, 6.45) is 7.73. The highest BCUT2D eigenvalue weighted by Crippen LogP contribution is 2.33. The molecule has 2 heteroatoms. The zero-order valence-corrected chi connectivity index (χ0v) is 12.4. The van der Waals surface area contributed by atoms with Crippen LogP contribution in [0.25, 0.3) is 0 Å². The Morgan fingerprint density at radius 1 is 1.00 bits per heavy atom. The second-order valence-corrected chi connectivity index (χ2v) is 5.80. The van der Waals surface area contributed by atoms with E-state index in [0.29, 0.717) is 11.0 Å². The summed E-state index contributed by atoms with van der Waals surface area (Å²) in [6.45, 7) is 12.9. The van der Waals surface area contributed by atoms with E-state index in [2.05, 4.69) is 38.3 Å². The van der Waals surface area contributed by atoms with Crippen LogP contribution >= 0.6 is 0 Å². The Balaban J connectivity index is 2.56. The van der Waals surface area contributed by atoms with Gasteiger partial charge in [0, 0.05) is 12.1 Å². The molecule has 0 saturated carbocycles. The fraction of sp³-hybridized carbons (Fsp3) is 1.00. The predicted octanol–water partition coefficient (Wildman–Crippen LogP) is 3.32. The Bertz CT molecular complexity index is 195. The molecule has 2 N–H and O–H groups in total. The third-order valence-corrected chi connectivity index (χ3v) is 5.28. The van der Waals surface area contributed by atoms with Crippen LogP contribution in [0.4, 0.5) is 0 Å². The second-order valence-electron chi connectivity index (χ2n) is 5.80. The lowest BCUT2D eigenvalue weighted by molar-refractivity contribution is 0.152. The summed E-state index contributed by atoms with van der Waals surface area (Å²) in [7, 11) is 0. The van der Waals surface area contributed by atoms with Crippen LogP contribution < -0.4 is 10.6 Å². The van der Waals surface area contributed by atoms with Gasteiger partial charge in [-0.15, -0.1) is 0 Å². The standard InChI is InChI=1S/C15H32N2/c1-5-14(9-11-16-12-10-14)13-17-15(6-2,7-3)8-4/h16-17H,5-13H2,1-4H3. The van der Waals surface area contributed by atoms with Crippen molar-refractivity contribution in [2.45, 2.75) is 71.8 Å². The molecule has 1 aliphatic heterocycles. The van der Waals surface area contributed by atoms with Crippen LogP contribution in [0.2, 0.25) is 0 Å². The molecule has 0 aromatic rings. The van der Waals surface area contributed by atoms with Crippen LogP contribution in [-0.4, -0.2) is 25.2 Å². The first-order valence-corrected chi connectivity index (χ1v) is 7.61. The molecular weight excluding hydrogens is 208 g/mol. The van der Waals surface area contributed by atoms with E-state index in [1.54, 1.807) is 0 Å². The Morgan fingerprint density at radius 2 is 1.53 bits per heavy atom. The van der Waals surface area contributed by atoms with Crippen molar-refractivity contribution in [1.29, 1.82) is 0 Å². The maximum atomic E-state index is 3.92. The van der Waals surface area contributed by atoms with Gasteiger partial charge >= 0.3 is 0 Å². The van der Waals surface area contributed by atoms with E-state index >= 15 is 0 Å². The molecule has 1 saturated heterocycles. The summed E-state index contributed by atoms with van der Waals surface area (Å²) in [5.41, 5.74) is 0.934. The first kappa shape index (κ1) is 15.0. The third-order valence-electron chi connectivity index (χ3n) is 5.28. The molecule has 0 aromatic heterocycles. The number of rotatable bonds is 7. The van der Waals surface area contributed by atoms with Gasteiger partial charge < -0.3 is 10.6 Å². The lowest BCUT2D eigenvalue weighted by atomic mass is 9.75. The fourth-order valence-corrected chi connectivity index (χ4v) is 3.11. The van der Waals surface area contributed by atoms with Gasteiger partial charge in [-0.05, 0) is 57.0 Å². The van der Waals surface area contributed by atoms with Crippen molar-refractivity contribution in [3.63, 3.8) is 0 Å². The summed E-state index contributed by atoms with van der Waals surface area (Å²) in [6, 6.07) is 0. The molecule has 0 aromatic carbocycles. The summed E-state index contributed by atoms with van der Waals surface area (Å²) in [5.74, 6) is 0. The maximum Gasteiger partial charge on any atom is 0.0173 e. The van der Waals surface area contributed by atoms with E-state index in [-0.39, 0.29) is 0 Å². The molecule has 2 nitrogen and oxygen atoms in total. The minimum absolute atomic E-state index is 0.382. The number of piperidine rings is 1. The van der Waals surface area contributed by atoms with Gasteiger partial charge in [-0.25, -0.2) is 0 Å². The van der Waals surface area contributed by atoms with Crippen LogP contribution in [0.3, 0.4) is 0 Å². The molecule has 0 spiro atoms. The van der Waals surface area contributed by atoms with Gasteiger partial charge in [0.05, 0.1) is 0 Å². The van der Waals surface area contributed by atoms with E-state index in [0.717, 1.165) is 0 Å². The first-order valence-electron chi connectivity index (χ1n) is 7.61. The summed E-state index contributed by atoms with van der Waals surface area (Å²) in [5, 5.41) is 7.40. The van der Waals surface area contributed by atoms with Crippen LogP contribution in [-0.2, 0) is 0 Å². The quantitative estimate of drug-likeness (QED) is 0.713. The zero-order valence-electron chi connectivity index (χ0n) is 12.4. The highest BCUT2D eigenvalue weighted by Gasteiger charge is 2.33. The summed E-state index contributed by atoms with van der Waals surface area (Å²) in [4.78, 5) is 0. The average Bonchev–Trinajstić information content (AvgIpc) is 2.42. The molecule has 0 bridgehead atoms. The normalized spacial score (nSPS) is 20.5. The fourth-order valence-electron chi connectivity index (χ4n) is 3.11. The van der Waals surface area contributed by atoms with Gasteiger partial charge in [-0.2, -0.15) is 0 Å². The van der Waals surface area contributed by atoms with E-state index in [1.807, 2.05) is 0 Å². The largest absolute Gasteiger partial charge is 0.317 e. The van der Waals surface area contributed by atoms with E-state index in [4.69, 9.17) is 0 Å². The van der Waals surface area contributed by atoms with E-state index in [9.17, 15) is 0 Å². The molecule has 17 heavy (non-hydrogen) atoms. The number of hydrogen-bond donors (Lipinski definition) is 2. The Labute approximate surface area is 108 Å². The predicted molar refractivity (Wildman–Crippen MR) is 76.4 cm³/mol. The molecule has 1 heterocycles. The van der Waals surface area contributed by atoms with Crippen molar-refractivity contribution in [3.8, 4) is 0 Å². The van der Waals surface area contributed by atoms with Gasteiger partial charge in [0.2, 0.25) is 0 Å². The van der Waals surface area contributed by atoms with Crippen molar-refractivity contribution in [3.05, 3.63) is 0 Å². The average molecular weight is 240 g/mol. The molecule has 1 aliphatic rings. The van der Waals surface area contributed by atoms with Crippen LogP contribution in [0, 0.1) is 5.41 Å². The smallest absolute Gasteiger partial charge is 0.0173 e. The lowest BCUT2D eigenvalue weighted by Gasteiger charge is -2.42. The van der Waals surface area contributed by atoms with Crippen molar-refractivity contribution in [1.82, 2.24) is 10.6 Å². The highest BCUT2D eigenvalue weighted by molar-refractivity contribution is 4.91. The van der Waals surface area contributed by atoms with Gasteiger partial charge in [-0.3, -0.25) is 0 Å². The number of nitrogens with one attached hydrogen (secondary N) is 2. The van der Waals surface area contributed by atoms with Gasteiger partial charge in [0.15, 0.2) is 0 Å². The Hall–Kier alpha value is -0.0800. The Kier molecular flexibility index (Phi) is 5.94. The van der Waals surface area contributed by atoms with E-state index in [1.165, 1.54) is 58.2 Å². The van der Waals surface area contributed by atoms with Crippen LogP contribution in [0.1, 0.15) is 66.2 Å². The second kappa shape index (κ2) is 6.75. The molecule has 1 fully saturated rings. The van der Waals surface area contributed by atoms with Crippen LogP contribution in [0.5, 0.6) is 0 Å². The van der Waals surface area contributed by atoms with Crippen molar-refractivity contribution >= 4 is 0 Å². The third kappa shape index (κ3) is 3.69. The zero-order chi connectivity index (χ0) is 12.8. The summed E-state index contributed by atoms with van der Waals surface area (Å²) < 4.78 is 0. The molecular formula is C15H32N2. The van der Waals surface area contributed by atoms with Gasteiger partial charge in [-0.1, -0.05) is 27.7 Å². The maximum absolute atomic E-state index is 3.92. The molecule has 0 radical (unpaired) electrons. The SMILES string of the molecule is CCC1(CNC(CC)(CC)CC)CCNCC1. The first-order chi connectivity index (χ1) is 8.16. The highest BCUT2D eigenvalue weighted by atomic mass is 15.0. The minimum Gasteiger partial charge on any atom is -0.317 e. The number of hydrogen-bond acceptors (Lipinski definition) is 2. The molecule has 1 rings (SSSR count). The monoisotopic (exact) mass is 240 g/mol. The molecule has 102 valence electrons. The minimum atomic E-state index is 0.382. The molecule has 0 aliphatic carbocycles. The van der Waals surface area contributed by atoms with Crippen molar-refractivity contribution in [2.24, 2.45) is 5.41 Å². The van der Waals surface area contributed by atoms with Crippen LogP contribution in [0.15, 0.2) is 0 Å². The lowest BCUT2D eigenvalue weighted by Crippen LogP contribution is -2.51. The van der Waals surface area contributed by atoms with Gasteiger partial charge in [0.25, 0.3) is 0 Å². The van der Waals surface area contributed by atoms with Gasteiger partial charge in [0.1, 0.15) is 0 Å². The van der Waals surface area contributed by atoms with Crippen molar-refractivity contribution in [2.75, 3.05) is 19.6 Å². The molecule has 0 atom stereocenters. The summed E-state index contributed by atoms with van der Waals surface area (Å²) >= 11 is 0. The van der Waals surface area contributed by atoms with E-state index < -0.39 is 0 Å². The Morgan fingerprint density at radius 3 is 1.94 bits per heavy atom. The molecule has 0 unspecified atom stereocenters. The topological polar surface area (TPSA) is 24.1 Å².